The third-order valence-corrected chi connectivity index (χ3v) is 3.58. The van der Waals surface area contributed by atoms with Crippen molar-refractivity contribution in [3.8, 4) is 0 Å². The van der Waals surface area contributed by atoms with E-state index in [4.69, 9.17) is 0 Å². The van der Waals surface area contributed by atoms with Gasteiger partial charge in [-0.2, -0.15) is 0 Å². The highest BCUT2D eigenvalue weighted by atomic mass is 16.1. The Bertz CT molecular complexity index is 390. The van der Waals surface area contributed by atoms with Gasteiger partial charge < -0.3 is 0 Å². The number of hydrogen-bond donors (Lipinski definition) is 0. The summed E-state index contributed by atoms with van der Waals surface area (Å²) in [4.78, 5) is 11.6. The third kappa shape index (κ3) is 1.82. The molecule has 0 aliphatic heterocycles. The Morgan fingerprint density at radius 3 is 2.12 bits per heavy atom. The molecule has 0 spiro atoms. The van der Waals surface area contributed by atoms with Gasteiger partial charge in [-0.15, -0.1) is 0 Å². The van der Waals surface area contributed by atoms with E-state index in [1.165, 1.54) is 16.7 Å². The van der Waals surface area contributed by atoms with Crippen LogP contribution in [0.3, 0.4) is 0 Å². The highest BCUT2D eigenvalue weighted by Crippen LogP contribution is 2.41. The molecule has 0 amide bonds. The SMILES string of the molecule is C=C(C)C1CCC(C(C)=O)c2ccccc21. The van der Waals surface area contributed by atoms with Gasteiger partial charge >= 0.3 is 0 Å². The topological polar surface area (TPSA) is 17.1 Å². The van der Waals surface area contributed by atoms with E-state index in [9.17, 15) is 4.79 Å². The van der Waals surface area contributed by atoms with E-state index in [0.29, 0.717) is 5.92 Å². The molecule has 84 valence electrons. The lowest BCUT2D eigenvalue weighted by atomic mass is 9.73. The number of hydrogen-bond acceptors (Lipinski definition) is 1. The Balaban J connectivity index is 2.48. The van der Waals surface area contributed by atoms with Gasteiger partial charge in [0.15, 0.2) is 0 Å². The van der Waals surface area contributed by atoms with Crippen LogP contribution in [0.25, 0.3) is 0 Å². The molecule has 1 nitrogen and oxygen atoms in total. The Morgan fingerprint density at radius 1 is 1.12 bits per heavy atom. The van der Waals surface area contributed by atoms with Gasteiger partial charge in [0.25, 0.3) is 0 Å². The molecule has 0 aromatic heterocycles. The van der Waals surface area contributed by atoms with E-state index in [0.717, 1.165) is 12.8 Å². The summed E-state index contributed by atoms with van der Waals surface area (Å²) in [7, 11) is 0. The molecule has 1 aliphatic rings. The predicted molar refractivity (Wildman–Crippen MR) is 66.7 cm³/mol. The highest BCUT2D eigenvalue weighted by molar-refractivity contribution is 5.84. The van der Waals surface area contributed by atoms with E-state index < -0.39 is 0 Å². The summed E-state index contributed by atoms with van der Waals surface area (Å²) in [6, 6.07) is 8.31. The van der Waals surface area contributed by atoms with Gasteiger partial charge in [-0.05, 0) is 37.8 Å². The van der Waals surface area contributed by atoms with E-state index in [1.807, 2.05) is 6.07 Å². The quantitative estimate of drug-likeness (QED) is 0.684. The van der Waals surface area contributed by atoms with E-state index in [2.05, 4.69) is 31.7 Å². The van der Waals surface area contributed by atoms with Crippen molar-refractivity contribution >= 4 is 5.78 Å². The zero-order valence-corrected chi connectivity index (χ0v) is 9.99. The van der Waals surface area contributed by atoms with Gasteiger partial charge in [-0.25, -0.2) is 0 Å². The number of benzene rings is 1. The van der Waals surface area contributed by atoms with Gasteiger partial charge in [0.1, 0.15) is 5.78 Å². The molecule has 0 saturated heterocycles. The fourth-order valence-corrected chi connectivity index (χ4v) is 2.72. The number of allylic oxidation sites excluding steroid dienone is 1. The van der Waals surface area contributed by atoms with Crippen molar-refractivity contribution < 1.29 is 4.79 Å². The maximum absolute atomic E-state index is 11.6. The summed E-state index contributed by atoms with van der Waals surface area (Å²) < 4.78 is 0. The van der Waals surface area contributed by atoms with Crippen LogP contribution in [0.15, 0.2) is 36.4 Å². The second kappa shape index (κ2) is 4.25. The van der Waals surface area contributed by atoms with Gasteiger partial charge in [0.05, 0.1) is 0 Å². The van der Waals surface area contributed by atoms with Gasteiger partial charge in [-0.1, -0.05) is 36.4 Å². The zero-order valence-electron chi connectivity index (χ0n) is 9.99. The lowest BCUT2D eigenvalue weighted by Crippen LogP contribution is -2.19. The number of carbonyl (C=O) groups excluding carboxylic acids is 1. The average Bonchev–Trinajstić information content (AvgIpc) is 2.27. The van der Waals surface area contributed by atoms with Crippen LogP contribution >= 0.6 is 0 Å². The Labute approximate surface area is 97.2 Å². The first kappa shape index (κ1) is 11.1. The third-order valence-electron chi connectivity index (χ3n) is 3.58. The second-order valence-corrected chi connectivity index (χ2v) is 4.77. The van der Waals surface area contributed by atoms with Crippen LogP contribution < -0.4 is 0 Å². The standard InChI is InChI=1S/C15H18O/c1-10(2)12-8-9-13(11(3)16)15-7-5-4-6-14(12)15/h4-7,12-13H,1,8-9H2,2-3H3. The number of fused-ring (bicyclic) bond motifs is 1. The fourth-order valence-electron chi connectivity index (χ4n) is 2.72. The molecule has 0 radical (unpaired) electrons. The second-order valence-electron chi connectivity index (χ2n) is 4.77. The summed E-state index contributed by atoms with van der Waals surface area (Å²) in [5.74, 6) is 0.825. The first-order chi connectivity index (χ1) is 7.61. The van der Waals surface area contributed by atoms with E-state index in [-0.39, 0.29) is 11.7 Å². The molecular formula is C15H18O. The minimum Gasteiger partial charge on any atom is -0.299 e. The number of carbonyl (C=O) groups is 1. The summed E-state index contributed by atoms with van der Waals surface area (Å²) in [6.45, 7) is 7.84. The highest BCUT2D eigenvalue weighted by Gasteiger charge is 2.29. The normalized spacial score (nSPS) is 23.6. The van der Waals surface area contributed by atoms with Gasteiger partial charge in [0.2, 0.25) is 0 Å². The lowest BCUT2D eigenvalue weighted by Gasteiger charge is -2.30. The van der Waals surface area contributed by atoms with Gasteiger partial charge in [-0.3, -0.25) is 4.79 Å². The first-order valence-electron chi connectivity index (χ1n) is 5.86. The molecule has 0 saturated carbocycles. The number of ketones is 1. The molecule has 1 aromatic rings. The molecule has 2 atom stereocenters. The minimum absolute atomic E-state index is 0.104. The molecule has 0 bridgehead atoms. The largest absolute Gasteiger partial charge is 0.299 e. The van der Waals surface area contributed by atoms with Crippen molar-refractivity contribution in [3.63, 3.8) is 0 Å². The average molecular weight is 214 g/mol. The summed E-state index contributed by atoms with van der Waals surface area (Å²) >= 11 is 0. The Morgan fingerprint density at radius 2 is 1.62 bits per heavy atom. The minimum atomic E-state index is 0.104. The van der Waals surface area contributed by atoms with Gasteiger partial charge in [0, 0.05) is 11.8 Å². The molecule has 1 aliphatic carbocycles. The smallest absolute Gasteiger partial charge is 0.137 e. The van der Waals surface area contributed by atoms with Crippen molar-refractivity contribution in [2.45, 2.75) is 38.5 Å². The van der Waals surface area contributed by atoms with Crippen LogP contribution in [0, 0.1) is 0 Å². The van der Waals surface area contributed by atoms with Crippen molar-refractivity contribution in [1.29, 1.82) is 0 Å². The summed E-state index contributed by atoms with van der Waals surface area (Å²) in [6.07, 6.45) is 2.01. The maximum atomic E-state index is 11.6. The van der Waals surface area contributed by atoms with Crippen LogP contribution in [0.5, 0.6) is 0 Å². The molecule has 1 aromatic carbocycles. The predicted octanol–water partition coefficient (Wildman–Crippen LogP) is 3.81. The molecule has 0 fully saturated rings. The Hall–Kier alpha value is -1.37. The zero-order chi connectivity index (χ0) is 11.7. The fraction of sp³-hybridized carbons (Fsp3) is 0.400. The number of rotatable bonds is 2. The van der Waals surface area contributed by atoms with E-state index in [1.54, 1.807) is 6.92 Å². The first-order valence-corrected chi connectivity index (χ1v) is 5.86. The van der Waals surface area contributed by atoms with Crippen LogP contribution in [0.2, 0.25) is 0 Å². The molecule has 0 N–H and O–H groups in total. The van der Waals surface area contributed by atoms with Crippen molar-refractivity contribution in [3.05, 3.63) is 47.5 Å². The molecule has 1 heteroatoms. The van der Waals surface area contributed by atoms with Crippen molar-refractivity contribution in [2.24, 2.45) is 0 Å². The molecule has 0 heterocycles. The number of Topliss-reactive ketones (excluding diaryl/α,β-unsaturated/α-hetero) is 1. The van der Waals surface area contributed by atoms with Crippen molar-refractivity contribution in [1.82, 2.24) is 0 Å². The molecule has 2 rings (SSSR count). The monoisotopic (exact) mass is 214 g/mol. The molecule has 2 unspecified atom stereocenters. The Kier molecular flexibility index (Phi) is 2.95. The van der Waals surface area contributed by atoms with Crippen molar-refractivity contribution in [2.75, 3.05) is 0 Å². The molecule has 16 heavy (non-hydrogen) atoms. The van der Waals surface area contributed by atoms with Crippen LogP contribution in [0.4, 0.5) is 0 Å². The molecular weight excluding hydrogens is 196 g/mol. The van der Waals surface area contributed by atoms with E-state index >= 15 is 0 Å². The van der Waals surface area contributed by atoms with Crippen LogP contribution in [0.1, 0.15) is 49.7 Å². The lowest BCUT2D eigenvalue weighted by molar-refractivity contribution is -0.118. The summed E-state index contributed by atoms with van der Waals surface area (Å²) in [5, 5.41) is 0. The van der Waals surface area contributed by atoms with Crippen LogP contribution in [-0.2, 0) is 4.79 Å². The van der Waals surface area contributed by atoms with Crippen LogP contribution in [-0.4, -0.2) is 5.78 Å². The maximum Gasteiger partial charge on any atom is 0.137 e. The summed E-state index contributed by atoms with van der Waals surface area (Å²) in [5.41, 5.74) is 3.73.